The third-order valence-corrected chi connectivity index (χ3v) is 4.46. The zero-order chi connectivity index (χ0) is 19.4. The fourth-order valence-electron chi connectivity index (χ4n) is 2.78. The largest absolute Gasteiger partial charge is 0.372 e. The van der Waals surface area contributed by atoms with Gasteiger partial charge in [0, 0.05) is 18.0 Å². The Labute approximate surface area is 160 Å². The van der Waals surface area contributed by atoms with Gasteiger partial charge in [0.1, 0.15) is 12.4 Å². The molecule has 2 aromatic carbocycles. The summed E-state index contributed by atoms with van der Waals surface area (Å²) in [5, 5.41) is 14.1. The van der Waals surface area contributed by atoms with Gasteiger partial charge < -0.3 is 10.4 Å². The summed E-state index contributed by atoms with van der Waals surface area (Å²) in [4.78, 5) is 30.2. The van der Waals surface area contributed by atoms with E-state index in [1.807, 2.05) is 30.3 Å². The van der Waals surface area contributed by atoms with E-state index < -0.39 is 23.2 Å². The van der Waals surface area contributed by atoms with Gasteiger partial charge in [0.05, 0.1) is 6.54 Å². The van der Waals surface area contributed by atoms with E-state index in [2.05, 4.69) is 5.32 Å². The molecule has 2 aromatic rings. The summed E-state index contributed by atoms with van der Waals surface area (Å²) >= 11 is 5.77. The number of hydrogen-bond donors (Lipinski definition) is 2. The molecule has 6 nitrogen and oxygen atoms in total. The number of benzene rings is 2. The van der Waals surface area contributed by atoms with Crippen molar-refractivity contribution in [3.63, 3.8) is 0 Å². The lowest BCUT2D eigenvalue weighted by Gasteiger charge is -2.21. The molecular formula is C19H18ClFN2O4. The van der Waals surface area contributed by atoms with Crippen LogP contribution in [0.2, 0.25) is 5.02 Å². The molecule has 142 valence electrons. The van der Waals surface area contributed by atoms with Crippen LogP contribution in [-0.4, -0.2) is 34.1 Å². The minimum Gasteiger partial charge on any atom is -0.372 e. The van der Waals surface area contributed by atoms with E-state index in [1.165, 1.54) is 12.1 Å². The van der Waals surface area contributed by atoms with E-state index >= 15 is 0 Å². The zero-order valence-electron chi connectivity index (χ0n) is 14.3. The van der Waals surface area contributed by atoms with E-state index in [9.17, 15) is 19.1 Å². The molecule has 0 aliphatic carbocycles. The fraction of sp³-hybridized carbons (Fsp3) is 0.263. The van der Waals surface area contributed by atoms with Gasteiger partial charge in [0.25, 0.3) is 11.8 Å². The van der Waals surface area contributed by atoms with Gasteiger partial charge in [-0.25, -0.2) is 9.45 Å². The topological polar surface area (TPSA) is 78.9 Å². The van der Waals surface area contributed by atoms with Crippen LogP contribution in [0, 0.1) is 5.82 Å². The summed E-state index contributed by atoms with van der Waals surface area (Å²) in [6, 6.07) is 13.1. The second-order valence-electron chi connectivity index (χ2n) is 6.24. The molecule has 27 heavy (non-hydrogen) atoms. The van der Waals surface area contributed by atoms with Gasteiger partial charge in [-0.15, -0.1) is 0 Å². The minimum atomic E-state index is -2.21. The normalized spacial score (nSPS) is 19.4. The van der Waals surface area contributed by atoms with E-state index in [0.29, 0.717) is 5.56 Å². The van der Waals surface area contributed by atoms with Gasteiger partial charge in [-0.1, -0.05) is 41.9 Å². The Kier molecular flexibility index (Phi) is 5.74. The number of nitrogens with one attached hydrogen (secondary N) is 1. The molecule has 0 radical (unpaired) electrons. The highest BCUT2D eigenvalue weighted by Crippen LogP contribution is 2.24. The van der Waals surface area contributed by atoms with Gasteiger partial charge in [0.2, 0.25) is 5.60 Å². The van der Waals surface area contributed by atoms with Crippen LogP contribution in [0.15, 0.2) is 48.5 Å². The number of aliphatic hydroxyl groups is 1. The van der Waals surface area contributed by atoms with E-state index in [0.717, 1.165) is 16.7 Å². The maximum atomic E-state index is 13.3. The predicted octanol–water partition coefficient (Wildman–Crippen LogP) is 2.19. The molecule has 0 spiro atoms. The quantitative estimate of drug-likeness (QED) is 0.739. The lowest BCUT2D eigenvalue weighted by molar-refractivity contribution is -0.191. The average Bonchev–Trinajstić information content (AvgIpc) is 2.94. The molecule has 1 saturated heterocycles. The van der Waals surface area contributed by atoms with Crippen molar-refractivity contribution >= 4 is 23.4 Å². The van der Waals surface area contributed by atoms with Crippen molar-refractivity contribution in [2.45, 2.75) is 25.2 Å². The highest BCUT2D eigenvalue weighted by Gasteiger charge is 2.52. The van der Waals surface area contributed by atoms with Crippen molar-refractivity contribution in [1.29, 1.82) is 0 Å². The first-order valence-electron chi connectivity index (χ1n) is 8.33. The summed E-state index contributed by atoms with van der Waals surface area (Å²) in [7, 11) is 0. The molecule has 1 heterocycles. The van der Waals surface area contributed by atoms with Crippen LogP contribution in [0.3, 0.4) is 0 Å². The Morgan fingerprint density at radius 1 is 1.26 bits per heavy atom. The minimum absolute atomic E-state index is 0.0726. The third-order valence-electron chi connectivity index (χ3n) is 4.24. The summed E-state index contributed by atoms with van der Waals surface area (Å²) in [5.41, 5.74) is -0.943. The van der Waals surface area contributed by atoms with Gasteiger partial charge in [-0.2, -0.15) is 0 Å². The Morgan fingerprint density at radius 2 is 2.00 bits per heavy atom. The molecule has 1 fully saturated rings. The standard InChI is InChI=1S/C19H18ClFN2O4/c20-15-8-14(9-16(21)10-15)11-22-17(24)19(26)6-7-23(18(19)25)27-12-13-4-2-1-3-5-13/h1-5,8-10,26H,6-7,11-12H2,(H,22,24). The Bertz CT molecular complexity index is 829. The van der Waals surface area contributed by atoms with Crippen molar-refractivity contribution in [3.05, 3.63) is 70.5 Å². The molecule has 1 aliphatic heterocycles. The smallest absolute Gasteiger partial charge is 0.287 e. The molecule has 1 atom stereocenters. The van der Waals surface area contributed by atoms with Crippen LogP contribution in [0.5, 0.6) is 0 Å². The maximum absolute atomic E-state index is 13.3. The molecule has 8 heteroatoms. The molecule has 1 unspecified atom stereocenters. The zero-order valence-corrected chi connectivity index (χ0v) is 15.1. The molecule has 2 amide bonds. The second kappa shape index (κ2) is 8.04. The maximum Gasteiger partial charge on any atom is 0.287 e. The molecule has 3 rings (SSSR count). The number of rotatable bonds is 6. The molecule has 0 bridgehead atoms. The molecule has 0 saturated carbocycles. The van der Waals surface area contributed by atoms with Crippen molar-refractivity contribution in [2.75, 3.05) is 6.54 Å². The molecule has 1 aliphatic rings. The van der Waals surface area contributed by atoms with Crippen LogP contribution in [-0.2, 0) is 27.6 Å². The number of carbonyl (C=O) groups is 2. The van der Waals surface area contributed by atoms with Crippen LogP contribution in [0.25, 0.3) is 0 Å². The third kappa shape index (κ3) is 4.44. The molecular weight excluding hydrogens is 375 g/mol. The number of amides is 2. The Balaban J connectivity index is 1.58. The van der Waals surface area contributed by atoms with Crippen molar-refractivity contribution in [3.8, 4) is 0 Å². The van der Waals surface area contributed by atoms with E-state index in [1.54, 1.807) is 0 Å². The van der Waals surface area contributed by atoms with Crippen LogP contribution < -0.4 is 5.32 Å². The monoisotopic (exact) mass is 392 g/mol. The number of hydroxylamine groups is 2. The SMILES string of the molecule is O=C(NCc1cc(F)cc(Cl)c1)C1(O)CCN(OCc2ccccc2)C1=O. The Hall–Kier alpha value is -2.48. The summed E-state index contributed by atoms with van der Waals surface area (Å²) in [6.07, 6.45) is -0.101. The lowest BCUT2D eigenvalue weighted by atomic mass is 10.0. The first-order chi connectivity index (χ1) is 12.9. The molecule has 0 aromatic heterocycles. The first kappa shape index (κ1) is 19.3. The highest BCUT2D eigenvalue weighted by atomic mass is 35.5. The highest BCUT2D eigenvalue weighted by molar-refractivity contribution is 6.30. The van der Waals surface area contributed by atoms with E-state index in [-0.39, 0.29) is 31.1 Å². The van der Waals surface area contributed by atoms with Gasteiger partial charge in [-0.05, 0) is 29.3 Å². The first-order valence-corrected chi connectivity index (χ1v) is 8.71. The van der Waals surface area contributed by atoms with Crippen LogP contribution in [0.1, 0.15) is 17.5 Å². The van der Waals surface area contributed by atoms with Crippen molar-refractivity contribution < 1.29 is 23.9 Å². The van der Waals surface area contributed by atoms with Crippen molar-refractivity contribution in [2.24, 2.45) is 0 Å². The summed E-state index contributed by atoms with van der Waals surface area (Å²) < 4.78 is 13.3. The number of halogens is 2. The lowest BCUT2D eigenvalue weighted by Crippen LogP contribution is -2.52. The Morgan fingerprint density at radius 3 is 2.70 bits per heavy atom. The van der Waals surface area contributed by atoms with Gasteiger partial charge in [0.15, 0.2) is 0 Å². The number of carbonyl (C=O) groups excluding carboxylic acids is 2. The van der Waals surface area contributed by atoms with Gasteiger partial charge in [-0.3, -0.25) is 14.4 Å². The number of nitrogens with zero attached hydrogens (tertiary/aromatic N) is 1. The summed E-state index contributed by atoms with van der Waals surface area (Å²) in [6.45, 7) is 0.157. The van der Waals surface area contributed by atoms with Crippen LogP contribution in [0.4, 0.5) is 4.39 Å². The average molecular weight is 393 g/mol. The summed E-state index contributed by atoms with van der Waals surface area (Å²) in [5.74, 6) is -2.23. The number of hydrogen-bond acceptors (Lipinski definition) is 4. The van der Waals surface area contributed by atoms with Gasteiger partial charge >= 0.3 is 0 Å². The molecule has 2 N–H and O–H groups in total. The predicted molar refractivity (Wildman–Crippen MR) is 95.8 cm³/mol. The fourth-order valence-corrected chi connectivity index (χ4v) is 3.02. The second-order valence-corrected chi connectivity index (χ2v) is 6.67. The van der Waals surface area contributed by atoms with E-state index in [4.69, 9.17) is 16.4 Å². The van der Waals surface area contributed by atoms with Crippen molar-refractivity contribution in [1.82, 2.24) is 10.4 Å². The van der Waals surface area contributed by atoms with Crippen LogP contribution >= 0.6 is 11.6 Å².